The van der Waals surface area contributed by atoms with Crippen molar-refractivity contribution in [1.29, 1.82) is 0 Å². The number of carbonyl (C=O) groups excluding carboxylic acids is 1. The zero-order valence-electron chi connectivity index (χ0n) is 12.2. The van der Waals surface area contributed by atoms with Crippen LogP contribution in [0, 0.1) is 5.92 Å². The second-order valence-corrected chi connectivity index (χ2v) is 5.37. The maximum absolute atomic E-state index is 12.3. The highest BCUT2D eigenvalue weighted by Crippen LogP contribution is 2.10. The minimum Gasteiger partial charge on any atom is -0.348 e. The maximum Gasteiger partial charge on any atom is 0.269 e. The Balaban J connectivity index is 2.84. The van der Waals surface area contributed by atoms with Crippen LogP contribution in [0.15, 0.2) is 6.07 Å². The lowest BCUT2D eigenvalue weighted by Crippen LogP contribution is -2.39. The molecule has 1 unspecified atom stereocenters. The topological polar surface area (TPSA) is 46.9 Å². The molecule has 5 heteroatoms. The Morgan fingerprint density at radius 2 is 2.16 bits per heavy atom. The smallest absolute Gasteiger partial charge is 0.269 e. The van der Waals surface area contributed by atoms with Crippen molar-refractivity contribution < 1.29 is 4.79 Å². The van der Waals surface area contributed by atoms with Crippen molar-refractivity contribution in [3.63, 3.8) is 0 Å². The fraction of sp³-hybridized carbons (Fsp3) is 0.714. The van der Waals surface area contributed by atoms with Crippen LogP contribution in [0.1, 0.15) is 50.3 Å². The van der Waals surface area contributed by atoms with E-state index < -0.39 is 0 Å². The molecule has 0 spiro atoms. The van der Waals surface area contributed by atoms with Crippen molar-refractivity contribution in [2.75, 3.05) is 5.88 Å². The minimum atomic E-state index is -0.0575. The summed E-state index contributed by atoms with van der Waals surface area (Å²) in [6.45, 7) is 8.90. The Bertz CT molecular complexity index is 415. The zero-order chi connectivity index (χ0) is 14.4. The molecule has 0 radical (unpaired) electrons. The average Bonchev–Trinajstić information content (AvgIpc) is 2.81. The van der Waals surface area contributed by atoms with E-state index in [1.165, 1.54) is 0 Å². The van der Waals surface area contributed by atoms with Crippen molar-refractivity contribution in [2.24, 2.45) is 5.92 Å². The molecule has 0 saturated carbocycles. The third-order valence-electron chi connectivity index (χ3n) is 3.27. The molecule has 4 nitrogen and oxygen atoms in total. The number of alkyl halides is 1. The number of nitrogens with one attached hydrogen (secondary N) is 1. The molecule has 1 heterocycles. The van der Waals surface area contributed by atoms with Gasteiger partial charge in [-0.15, -0.1) is 11.6 Å². The monoisotopic (exact) mass is 285 g/mol. The van der Waals surface area contributed by atoms with Gasteiger partial charge in [-0.1, -0.05) is 20.8 Å². The minimum absolute atomic E-state index is 0.0575. The zero-order valence-corrected chi connectivity index (χ0v) is 13.0. The standard InChI is InChI=1S/C14H24ClN3O/c1-5-11-9-13(18(6-2)17-11)14(19)16-12(7-8-15)10(3)4/h9-10,12H,5-8H2,1-4H3,(H,16,19). The van der Waals surface area contributed by atoms with E-state index in [2.05, 4.69) is 24.3 Å². The van der Waals surface area contributed by atoms with Gasteiger partial charge >= 0.3 is 0 Å². The Hall–Kier alpha value is -1.03. The molecule has 1 N–H and O–H groups in total. The molecule has 1 aromatic rings. The van der Waals surface area contributed by atoms with Gasteiger partial charge < -0.3 is 5.32 Å². The summed E-state index contributed by atoms with van der Waals surface area (Å²) in [5.41, 5.74) is 1.59. The molecule has 19 heavy (non-hydrogen) atoms. The number of hydrogen-bond acceptors (Lipinski definition) is 2. The second-order valence-electron chi connectivity index (χ2n) is 4.99. The average molecular weight is 286 g/mol. The molecule has 0 aromatic carbocycles. The predicted octanol–water partition coefficient (Wildman–Crippen LogP) is 2.85. The highest BCUT2D eigenvalue weighted by molar-refractivity contribution is 6.17. The van der Waals surface area contributed by atoms with Gasteiger partial charge in [0.15, 0.2) is 0 Å². The van der Waals surface area contributed by atoms with E-state index in [1.54, 1.807) is 4.68 Å². The first-order chi connectivity index (χ1) is 9.03. The Kier molecular flexibility index (Phi) is 6.35. The number of hydrogen-bond donors (Lipinski definition) is 1. The number of rotatable bonds is 7. The lowest BCUT2D eigenvalue weighted by atomic mass is 10.0. The van der Waals surface area contributed by atoms with E-state index in [0.717, 1.165) is 18.5 Å². The van der Waals surface area contributed by atoms with E-state index >= 15 is 0 Å². The lowest BCUT2D eigenvalue weighted by Gasteiger charge is -2.21. The summed E-state index contributed by atoms with van der Waals surface area (Å²) in [4.78, 5) is 12.3. The van der Waals surface area contributed by atoms with Gasteiger partial charge in [0.05, 0.1) is 5.69 Å². The Labute approximate surface area is 120 Å². The summed E-state index contributed by atoms with van der Waals surface area (Å²) in [6.07, 6.45) is 1.62. The van der Waals surface area contributed by atoms with E-state index in [4.69, 9.17) is 11.6 Å². The number of aromatic nitrogens is 2. The molecular formula is C14H24ClN3O. The summed E-state index contributed by atoms with van der Waals surface area (Å²) < 4.78 is 1.76. The summed E-state index contributed by atoms with van der Waals surface area (Å²) in [5, 5.41) is 7.46. The maximum atomic E-state index is 12.3. The molecule has 0 bridgehead atoms. The molecule has 0 aliphatic rings. The third kappa shape index (κ3) is 4.23. The lowest BCUT2D eigenvalue weighted by molar-refractivity contribution is 0.0914. The highest BCUT2D eigenvalue weighted by atomic mass is 35.5. The van der Waals surface area contributed by atoms with Crippen molar-refractivity contribution in [3.8, 4) is 0 Å². The van der Waals surface area contributed by atoms with Gasteiger partial charge in [0.1, 0.15) is 5.69 Å². The Morgan fingerprint density at radius 1 is 1.47 bits per heavy atom. The number of nitrogens with zero attached hydrogens (tertiary/aromatic N) is 2. The first-order valence-electron chi connectivity index (χ1n) is 6.96. The van der Waals surface area contributed by atoms with Gasteiger partial charge in [-0.05, 0) is 31.7 Å². The highest BCUT2D eigenvalue weighted by Gasteiger charge is 2.19. The Morgan fingerprint density at radius 3 is 2.63 bits per heavy atom. The number of amides is 1. The summed E-state index contributed by atoms with van der Waals surface area (Å²) in [5.74, 6) is 0.861. The molecule has 1 atom stereocenters. The van der Waals surface area contributed by atoms with E-state index in [1.807, 2.05) is 19.9 Å². The third-order valence-corrected chi connectivity index (χ3v) is 3.48. The van der Waals surface area contributed by atoms with Crippen LogP contribution < -0.4 is 5.32 Å². The summed E-state index contributed by atoms with van der Waals surface area (Å²) >= 11 is 5.79. The summed E-state index contributed by atoms with van der Waals surface area (Å²) in [7, 11) is 0. The van der Waals surface area contributed by atoms with E-state index in [9.17, 15) is 4.79 Å². The van der Waals surface area contributed by atoms with Gasteiger partial charge in [-0.2, -0.15) is 5.10 Å². The van der Waals surface area contributed by atoms with Crippen molar-refractivity contribution in [3.05, 3.63) is 17.5 Å². The number of halogens is 1. The van der Waals surface area contributed by atoms with Crippen molar-refractivity contribution >= 4 is 17.5 Å². The molecule has 0 aliphatic carbocycles. The fourth-order valence-corrected chi connectivity index (χ4v) is 2.23. The fourth-order valence-electron chi connectivity index (χ4n) is 2.00. The molecule has 1 rings (SSSR count). The normalized spacial score (nSPS) is 12.7. The molecule has 108 valence electrons. The first kappa shape index (κ1) is 16.0. The van der Waals surface area contributed by atoms with Crippen LogP contribution in [0.5, 0.6) is 0 Å². The first-order valence-corrected chi connectivity index (χ1v) is 7.50. The van der Waals surface area contributed by atoms with E-state index in [0.29, 0.717) is 24.0 Å². The SMILES string of the molecule is CCc1cc(C(=O)NC(CCCl)C(C)C)n(CC)n1. The van der Waals surface area contributed by atoms with Gasteiger partial charge in [0.2, 0.25) is 0 Å². The van der Waals surface area contributed by atoms with Crippen LogP contribution in [0.2, 0.25) is 0 Å². The molecule has 1 aromatic heterocycles. The van der Waals surface area contributed by atoms with Crippen LogP contribution in [0.3, 0.4) is 0 Å². The van der Waals surface area contributed by atoms with Crippen molar-refractivity contribution in [2.45, 2.75) is 53.1 Å². The molecule has 0 saturated heterocycles. The van der Waals surface area contributed by atoms with Gasteiger partial charge in [-0.25, -0.2) is 0 Å². The van der Waals surface area contributed by atoms with Crippen LogP contribution in [-0.2, 0) is 13.0 Å². The van der Waals surface area contributed by atoms with Gasteiger partial charge in [-0.3, -0.25) is 9.48 Å². The van der Waals surface area contributed by atoms with Crippen molar-refractivity contribution in [1.82, 2.24) is 15.1 Å². The van der Waals surface area contributed by atoms with Crippen LogP contribution >= 0.6 is 11.6 Å². The number of aryl methyl sites for hydroxylation is 2. The van der Waals surface area contributed by atoms with E-state index in [-0.39, 0.29) is 11.9 Å². The number of carbonyl (C=O) groups is 1. The quantitative estimate of drug-likeness (QED) is 0.783. The van der Waals surface area contributed by atoms with Crippen LogP contribution in [-0.4, -0.2) is 27.6 Å². The predicted molar refractivity (Wildman–Crippen MR) is 78.7 cm³/mol. The van der Waals surface area contributed by atoms with Crippen LogP contribution in [0.25, 0.3) is 0 Å². The molecule has 0 aliphatic heterocycles. The molecular weight excluding hydrogens is 262 g/mol. The second kappa shape index (κ2) is 7.53. The van der Waals surface area contributed by atoms with Gasteiger partial charge in [0, 0.05) is 18.5 Å². The summed E-state index contributed by atoms with van der Waals surface area (Å²) in [6, 6.07) is 1.98. The van der Waals surface area contributed by atoms with Gasteiger partial charge in [0.25, 0.3) is 5.91 Å². The molecule has 1 amide bonds. The largest absolute Gasteiger partial charge is 0.348 e. The van der Waals surface area contributed by atoms with Crippen LogP contribution in [0.4, 0.5) is 0 Å². The molecule has 0 fully saturated rings.